The number of rotatable bonds is 4. The highest BCUT2D eigenvalue weighted by atomic mass is 16.6. The molecule has 0 aliphatic rings. The molecule has 1 atom stereocenters. The van der Waals surface area contributed by atoms with Gasteiger partial charge in [-0.1, -0.05) is 48.5 Å². The van der Waals surface area contributed by atoms with E-state index in [9.17, 15) is 14.4 Å². The van der Waals surface area contributed by atoms with Crippen molar-refractivity contribution in [1.29, 1.82) is 0 Å². The summed E-state index contributed by atoms with van der Waals surface area (Å²) in [6.07, 6.45) is 0. The minimum absolute atomic E-state index is 0.351. The molecule has 25 heavy (non-hydrogen) atoms. The molecule has 2 aromatic carbocycles. The van der Waals surface area contributed by atoms with E-state index < -0.39 is 23.3 Å². The highest BCUT2D eigenvalue weighted by molar-refractivity contribution is 6.32. The van der Waals surface area contributed by atoms with E-state index in [0.29, 0.717) is 11.3 Å². The molecule has 0 aliphatic heterocycles. The largest absolute Gasteiger partial charge is 0.436 e. The maximum Gasteiger partial charge on any atom is 0.389 e. The monoisotopic (exact) mass is 336 g/mol. The van der Waals surface area contributed by atoms with Crippen LogP contribution in [0.2, 0.25) is 0 Å². The third-order valence-electron chi connectivity index (χ3n) is 3.27. The molecule has 0 spiro atoms. The highest BCUT2D eigenvalue weighted by Crippen LogP contribution is 2.25. The Labute approximate surface area is 145 Å². The maximum absolute atomic E-state index is 11.9. The molecule has 1 unspecified atom stereocenters. The third kappa shape index (κ3) is 5.05. The zero-order chi connectivity index (χ0) is 18.3. The van der Waals surface area contributed by atoms with Gasteiger partial charge < -0.3 is 9.47 Å². The lowest BCUT2D eigenvalue weighted by Gasteiger charge is -2.23. The number of hydrogen-bond donors (Lipinski definition) is 0. The Balaban J connectivity index is 2.26. The van der Waals surface area contributed by atoms with E-state index in [2.05, 4.69) is 11.8 Å². The number of carbonyl (C=O) groups excluding carboxylic acids is 3. The summed E-state index contributed by atoms with van der Waals surface area (Å²) in [5.74, 6) is 2.68. The van der Waals surface area contributed by atoms with Gasteiger partial charge in [-0.3, -0.25) is 4.79 Å². The Bertz CT molecular complexity index is 831. The van der Waals surface area contributed by atoms with Crippen molar-refractivity contribution in [2.75, 3.05) is 0 Å². The summed E-state index contributed by atoms with van der Waals surface area (Å²) >= 11 is 0. The lowest BCUT2D eigenvalue weighted by Crippen LogP contribution is -2.30. The van der Waals surface area contributed by atoms with Crippen LogP contribution in [0.3, 0.4) is 0 Å². The van der Waals surface area contributed by atoms with E-state index in [0.717, 1.165) is 6.92 Å². The first-order valence-corrected chi connectivity index (χ1v) is 7.50. The fraction of sp³-hybridized carbons (Fsp3) is 0.150. The van der Waals surface area contributed by atoms with Crippen LogP contribution in [0.5, 0.6) is 5.75 Å². The van der Waals surface area contributed by atoms with E-state index in [-0.39, 0.29) is 0 Å². The van der Waals surface area contributed by atoms with Crippen LogP contribution in [0.1, 0.15) is 19.4 Å². The van der Waals surface area contributed by atoms with Crippen LogP contribution in [0.15, 0.2) is 60.7 Å². The second-order valence-corrected chi connectivity index (χ2v) is 5.30. The van der Waals surface area contributed by atoms with Crippen molar-refractivity contribution in [3.63, 3.8) is 0 Å². The molecule has 0 aromatic heterocycles. The lowest BCUT2D eigenvalue weighted by molar-refractivity contribution is -0.160. The summed E-state index contributed by atoms with van der Waals surface area (Å²) < 4.78 is 10.3. The van der Waals surface area contributed by atoms with Crippen LogP contribution in [-0.4, -0.2) is 17.7 Å². The van der Waals surface area contributed by atoms with Gasteiger partial charge in [0.15, 0.2) is 5.60 Å². The third-order valence-corrected chi connectivity index (χ3v) is 3.27. The van der Waals surface area contributed by atoms with Gasteiger partial charge in [-0.25, -0.2) is 9.59 Å². The molecule has 0 heterocycles. The number of ether oxygens (including phenoxy) is 2. The second kappa shape index (κ2) is 7.93. The zero-order valence-electron chi connectivity index (χ0n) is 13.8. The first kappa shape index (κ1) is 18.0. The summed E-state index contributed by atoms with van der Waals surface area (Å²) in [5, 5.41) is 0. The molecule has 0 radical (unpaired) electrons. The molecule has 0 amide bonds. The smallest absolute Gasteiger partial charge is 0.389 e. The van der Waals surface area contributed by atoms with Crippen molar-refractivity contribution < 1.29 is 23.9 Å². The van der Waals surface area contributed by atoms with E-state index in [4.69, 9.17) is 9.47 Å². The Kier molecular flexibility index (Phi) is 5.70. The van der Waals surface area contributed by atoms with Gasteiger partial charge in [-0.05, 0) is 25.0 Å². The van der Waals surface area contributed by atoms with Crippen molar-refractivity contribution in [1.82, 2.24) is 0 Å². The molecule has 5 nitrogen and oxygen atoms in total. The van der Waals surface area contributed by atoms with Crippen LogP contribution in [0, 0.1) is 11.8 Å². The number of Topliss-reactive ketones (excluding diaryl/α,β-unsaturated/α-hetero) is 1. The zero-order valence-corrected chi connectivity index (χ0v) is 13.8. The normalized spacial score (nSPS) is 12.1. The SMILES string of the molecule is CC(=O)C(=O)OC(C)(C#CC(=O)Oc1ccccc1)c1ccccc1. The van der Waals surface area contributed by atoms with Crippen LogP contribution >= 0.6 is 0 Å². The van der Waals surface area contributed by atoms with E-state index in [1.165, 1.54) is 6.92 Å². The topological polar surface area (TPSA) is 69.7 Å². The summed E-state index contributed by atoms with van der Waals surface area (Å²) in [6.45, 7) is 2.61. The fourth-order valence-corrected chi connectivity index (χ4v) is 1.96. The first-order valence-electron chi connectivity index (χ1n) is 7.50. The number of hydrogen-bond acceptors (Lipinski definition) is 5. The maximum atomic E-state index is 11.9. The van der Waals surface area contributed by atoms with Gasteiger partial charge in [-0.15, -0.1) is 0 Å². The van der Waals surface area contributed by atoms with Crippen LogP contribution in [-0.2, 0) is 24.7 Å². The van der Waals surface area contributed by atoms with Crippen LogP contribution in [0.25, 0.3) is 0 Å². The van der Waals surface area contributed by atoms with Crippen molar-refractivity contribution >= 4 is 17.7 Å². The summed E-state index contributed by atoms with van der Waals surface area (Å²) in [4.78, 5) is 34.8. The molecule has 0 saturated heterocycles. The molecule has 2 rings (SSSR count). The molecular weight excluding hydrogens is 320 g/mol. The van der Waals surface area contributed by atoms with Crippen LogP contribution < -0.4 is 4.74 Å². The molecular formula is C20H16O5. The summed E-state index contributed by atoms with van der Waals surface area (Å²) in [7, 11) is 0. The van der Waals surface area contributed by atoms with Gasteiger partial charge >= 0.3 is 11.9 Å². The van der Waals surface area contributed by atoms with Gasteiger partial charge in [0, 0.05) is 18.4 Å². The molecule has 0 bridgehead atoms. The molecule has 126 valence electrons. The van der Waals surface area contributed by atoms with Gasteiger partial charge in [0.1, 0.15) is 5.75 Å². The Morgan fingerprint density at radius 1 is 0.920 bits per heavy atom. The minimum Gasteiger partial charge on any atom is -0.436 e. The number of ketones is 1. The predicted octanol–water partition coefficient (Wildman–Crippen LogP) is 2.64. The van der Waals surface area contributed by atoms with E-state index in [1.54, 1.807) is 60.7 Å². The van der Waals surface area contributed by atoms with Gasteiger partial charge in [-0.2, -0.15) is 0 Å². The highest BCUT2D eigenvalue weighted by Gasteiger charge is 2.30. The summed E-state index contributed by atoms with van der Waals surface area (Å²) in [5.41, 5.74) is -0.927. The quantitative estimate of drug-likeness (QED) is 0.282. The molecule has 2 aromatic rings. The Hall–Kier alpha value is -3.39. The standard InChI is InChI=1S/C20H16O5/c1-15(21)19(23)25-20(2,16-9-5-3-6-10-16)14-13-18(22)24-17-11-7-4-8-12-17/h3-12H,1-2H3. The van der Waals surface area contributed by atoms with Gasteiger partial charge in [0.2, 0.25) is 5.78 Å². The van der Waals surface area contributed by atoms with Gasteiger partial charge in [0.25, 0.3) is 0 Å². The molecule has 5 heteroatoms. The lowest BCUT2D eigenvalue weighted by atomic mass is 9.96. The number of para-hydroxylation sites is 1. The first-order chi connectivity index (χ1) is 11.9. The van der Waals surface area contributed by atoms with Crippen molar-refractivity contribution in [3.8, 4) is 17.6 Å². The van der Waals surface area contributed by atoms with Crippen molar-refractivity contribution in [2.24, 2.45) is 0 Å². The minimum atomic E-state index is -1.46. The molecule has 0 fully saturated rings. The second-order valence-electron chi connectivity index (χ2n) is 5.30. The average molecular weight is 336 g/mol. The Morgan fingerprint density at radius 2 is 1.48 bits per heavy atom. The van der Waals surface area contributed by atoms with Gasteiger partial charge in [0.05, 0.1) is 0 Å². The summed E-state index contributed by atoms with van der Waals surface area (Å²) in [6, 6.07) is 17.1. The molecule has 0 aliphatic carbocycles. The van der Waals surface area contributed by atoms with Crippen LogP contribution in [0.4, 0.5) is 0 Å². The fourth-order valence-electron chi connectivity index (χ4n) is 1.96. The number of benzene rings is 2. The molecule has 0 saturated carbocycles. The predicted molar refractivity (Wildman–Crippen MR) is 90.4 cm³/mol. The molecule has 0 N–H and O–H groups in total. The van der Waals surface area contributed by atoms with E-state index >= 15 is 0 Å². The van der Waals surface area contributed by atoms with E-state index in [1.807, 2.05) is 0 Å². The van der Waals surface area contributed by atoms with Crippen molar-refractivity contribution in [2.45, 2.75) is 19.4 Å². The number of esters is 2. The average Bonchev–Trinajstić information content (AvgIpc) is 2.61. The number of carbonyl (C=O) groups is 3. The van der Waals surface area contributed by atoms with Crippen molar-refractivity contribution in [3.05, 3.63) is 66.2 Å². The Morgan fingerprint density at radius 3 is 2.04 bits per heavy atom.